The third-order valence-electron chi connectivity index (χ3n) is 11.1. The lowest BCUT2D eigenvalue weighted by Crippen LogP contribution is -2.08. The van der Waals surface area contributed by atoms with E-state index in [1.165, 1.54) is 0 Å². The summed E-state index contributed by atoms with van der Waals surface area (Å²) in [5.41, 5.74) is 11.6. The molecule has 0 amide bonds. The highest BCUT2D eigenvalue weighted by Crippen LogP contribution is 2.42. The first-order valence-electron chi connectivity index (χ1n) is 19.4. The summed E-state index contributed by atoms with van der Waals surface area (Å²) < 4.78 is 11.3. The summed E-state index contributed by atoms with van der Waals surface area (Å²) in [6.45, 7) is 6.36. The lowest BCUT2D eigenvalue weighted by molar-refractivity contribution is 0.669. The van der Waals surface area contributed by atoms with Crippen molar-refractivity contribution in [2.45, 2.75) is 6.92 Å². The van der Waals surface area contributed by atoms with E-state index in [-0.39, 0.29) is 0 Å². The molecular weight excluding hydrogens is 711 g/mol. The summed E-state index contributed by atoms with van der Waals surface area (Å²) in [6.07, 6.45) is 6.11. The van der Waals surface area contributed by atoms with Crippen molar-refractivity contribution in [2.75, 3.05) is 0 Å². The maximum Gasteiger partial charge on any atom is 0.238 e. The number of hydrogen-bond donors (Lipinski definition) is 0. The van der Waals surface area contributed by atoms with Gasteiger partial charge >= 0.3 is 0 Å². The minimum Gasteiger partial charge on any atom is -0.455 e. The van der Waals surface area contributed by atoms with Crippen molar-refractivity contribution >= 4 is 66.8 Å². The molecule has 0 atom stereocenters. The number of furan rings is 1. The van der Waals surface area contributed by atoms with E-state index in [0.29, 0.717) is 17.6 Å². The van der Waals surface area contributed by atoms with Crippen LogP contribution in [0.15, 0.2) is 181 Å². The van der Waals surface area contributed by atoms with Crippen LogP contribution in [0.2, 0.25) is 0 Å². The van der Waals surface area contributed by atoms with E-state index in [1.54, 1.807) is 0 Å². The fourth-order valence-corrected chi connectivity index (χ4v) is 8.54. The molecule has 4 aromatic heterocycles. The molecule has 0 aliphatic carbocycles. The Kier molecular flexibility index (Phi) is 7.76. The van der Waals surface area contributed by atoms with Gasteiger partial charge in [-0.3, -0.25) is 4.57 Å². The van der Waals surface area contributed by atoms with Gasteiger partial charge in [-0.2, -0.15) is 9.97 Å². The van der Waals surface area contributed by atoms with Crippen molar-refractivity contribution in [3.63, 3.8) is 0 Å². The van der Waals surface area contributed by atoms with Crippen LogP contribution in [0, 0.1) is 0 Å². The molecule has 7 aromatic carbocycles. The van der Waals surface area contributed by atoms with E-state index >= 15 is 0 Å². The summed E-state index contributed by atoms with van der Waals surface area (Å²) in [5.74, 6) is 1.57. The average Bonchev–Trinajstić information content (AvgIpc) is 3.94. The minimum absolute atomic E-state index is 0.492. The summed E-state index contributed by atoms with van der Waals surface area (Å²) in [5, 5.41) is 5.38. The van der Waals surface area contributed by atoms with Crippen molar-refractivity contribution in [3.8, 4) is 45.5 Å². The van der Waals surface area contributed by atoms with Gasteiger partial charge in [0.25, 0.3) is 0 Å². The highest BCUT2D eigenvalue weighted by Gasteiger charge is 2.25. The topological polar surface area (TPSA) is 61.7 Å². The maximum atomic E-state index is 6.77. The van der Waals surface area contributed by atoms with E-state index < -0.39 is 0 Å². The lowest BCUT2D eigenvalue weighted by Gasteiger charge is -2.14. The molecule has 0 unspecified atom stereocenters. The van der Waals surface area contributed by atoms with E-state index in [2.05, 4.69) is 149 Å². The van der Waals surface area contributed by atoms with Crippen LogP contribution in [0.4, 0.5) is 0 Å². The summed E-state index contributed by atoms with van der Waals surface area (Å²) in [6, 6.07) is 56.7. The second-order valence-corrected chi connectivity index (χ2v) is 14.4. The molecule has 274 valence electrons. The third-order valence-corrected chi connectivity index (χ3v) is 11.1. The minimum atomic E-state index is 0.492. The van der Waals surface area contributed by atoms with Crippen molar-refractivity contribution in [3.05, 3.63) is 188 Å². The number of benzene rings is 7. The number of allylic oxidation sites excluding steroid dienone is 1. The Balaban J connectivity index is 1.24. The standard InChI is InChI=1S/C52H35N5O/c1-3-17-44-37(4-2)40-30-31-41-38-24-14-15-27-45(38)56(36-22-12-7-13-23-36)47(41)48(40)57(44)52-54-50(34-20-10-6-11-21-34)53-51(55-52)43-26-16-25-42-39-29-28-35(32-46(39)58-49(42)43)33-18-8-5-9-19-33/h3-32H,2H2,1H3/b17-3-. The lowest BCUT2D eigenvalue weighted by atomic mass is 10.0. The number of rotatable bonds is 7. The van der Waals surface area contributed by atoms with Crippen molar-refractivity contribution < 1.29 is 4.42 Å². The Bertz CT molecular complexity index is 3410. The first kappa shape index (κ1) is 33.5. The summed E-state index contributed by atoms with van der Waals surface area (Å²) in [7, 11) is 0. The number of nitrogens with zero attached hydrogens (tertiary/aromatic N) is 5. The zero-order valence-corrected chi connectivity index (χ0v) is 31.7. The second kappa shape index (κ2) is 13.4. The molecule has 6 nitrogen and oxygen atoms in total. The zero-order valence-electron chi connectivity index (χ0n) is 31.7. The van der Waals surface area contributed by atoms with E-state index in [0.717, 1.165) is 93.8 Å². The fourth-order valence-electron chi connectivity index (χ4n) is 8.54. The Morgan fingerprint density at radius 2 is 1.19 bits per heavy atom. The molecule has 0 saturated heterocycles. The Labute approximate surface area is 334 Å². The van der Waals surface area contributed by atoms with Gasteiger partial charge in [-0.25, -0.2) is 4.98 Å². The molecule has 58 heavy (non-hydrogen) atoms. The van der Waals surface area contributed by atoms with Gasteiger partial charge in [-0.1, -0.05) is 146 Å². The molecule has 11 aromatic rings. The quantitative estimate of drug-likeness (QED) is 0.163. The molecule has 0 saturated carbocycles. The summed E-state index contributed by atoms with van der Waals surface area (Å²) >= 11 is 0. The molecule has 0 bridgehead atoms. The first-order chi connectivity index (χ1) is 28.7. The molecule has 6 heteroatoms. The van der Waals surface area contributed by atoms with Gasteiger partial charge in [-0.05, 0) is 60.5 Å². The molecule has 0 radical (unpaired) electrons. The van der Waals surface area contributed by atoms with Crippen LogP contribution in [0.1, 0.15) is 18.2 Å². The van der Waals surface area contributed by atoms with Gasteiger partial charge in [0.15, 0.2) is 11.6 Å². The van der Waals surface area contributed by atoms with Crippen LogP contribution < -0.4 is 0 Å². The largest absolute Gasteiger partial charge is 0.455 e. The Morgan fingerprint density at radius 1 is 0.534 bits per heavy atom. The Morgan fingerprint density at radius 3 is 1.97 bits per heavy atom. The van der Waals surface area contributed by atoms with Crippen LogP contribution in [0.5, 0.6) is 0 Å². The summed E-state index contributed by atoms with van der Waals surface area (Å²) in [4.78, 5) is 15.9. The van der Waals surface area contributed by atoms with Crippen LogP contribution in [0.3, 0.4) is 0 Å². The predicted molar refractivity (Wildman–Crippen MR) is 239 cm³/mol. The molecular formula is C52H35N5O. The SMILES string of the molecule is C=Cc1c(/C=C\C)n(-c2nc(-c3ccccc3)nc(-c3cccc4c3oc3cc(-c5ccccc5)ccc34)n2)c2c1ccc1c3ccccc3n(-c3ccccc3)c12. The van der Waals surface area contributed by atoms with Gasteiger partial charge in [0.1, 0.15) is 11.2 Å². The maximum absolute atomic E-state index is 6.77. The highest BCUT2D eigenvalue weighted by atomic mass is 16.3. The van der Waals surface area contributed by atoms with Crippen LogP contribution >= 0.6 is 0 Å². The van der Waals surface area contributed by atoms with Crippen LogP contribution in [-0.4, -0.2) is 24.1 Å². The normalized spacial score (nSPS) is 11.9. The molecule has 0 fully saturated rings. The van der Waals surface area contributed by atoms with Gasteiger partial charge < -0.3 is 8.98 Å². The number of hydrogen-bond acceptors (Lipinski definition) is 4. The zero-order chi connectivity index (χ0) is 38.7. The molecule has 0 aliphatic rings. The second-order valence-electron chi connectivity index (χ2n) is 14.4. The van der Waals surface area contributed by atoms with Crippen molar-refractivity contribution in [1.82, 2.24) is 24.1 Å². The van der Waals surface area contributed by atoms with E-state index in [1.807, 2.05) is 55.5 Å². The molecule has 0 aliphatic heterocycles. The third kappa shape index (κ3) is 5.16. The predicted octanol–water partition coefficient (Wildman–Crippen LogP) is 13.5. The van der Waals surface area contributed by atoms with Crippen molar-refractivity contribution in [1.29, 1.82) is 0 Å². The Hall–Kier alpha value is -7.83. The van der Waals surface area contributed by atoms with E-state index in [4.69, 9.17) is 19.4 Å². The average molecular weight is 746 g/mol. The van der Waals surface area contributed by atoms with Gasteiger partial charge in [0.05, 0.1) is 27.8 Å². The number of aromatic nitrogens is 5. The van der Waals surface area contributed by atoms with Crippen LogP contribution in [-0.2, 0) is 0 Å². The van der Waals surface area contributed by atoms with Crippen molar-refractivity contribution in [2.24, 2.45) is 0 Å². The van der Waals surface area contributed by atoms with Gasteiger partial charge in [0, 0.05) is 43.7 Å². The van der Waals surface area contributed by atoms with Gasteiger partial charge in [-0.15, -0.1) is 0 Å². The molecule has 4 heterocycles. The molecule has 11 rings (SSSR count). The van der Waals surface area contributed by atoms with Gasteiger partial charge in [0.2, 0.25) is 5.95 Å². The highest BCUT2D eigenvalue weighted by molar-refractivity contribution is 6.20. The molecule has 0 spiro atoms. The number of para-hydroxylation sites is 3. The number of fused-ring (bicyclic) bond motifs is 8. The monoisotopic (exact) mass is 745 g/mol. The molecule has 0 N–H and O–H groups in total. The smallest absolute Gasteiger partial charge is 0.238 e. The van der Waals surface area contributed by atoms with E-state index in [9.17, 15) is 0 Å². The van der Waals surface area contributed by atoms with Crippen LogP contribution in [0.25, 0.3) is 112 Å². The fraction of sp³-hybridized carbons (Fsp3) is 0.0192. The first-order valence-corrected chi connectivity index (χ1v) is 19.4.